The molecule has 3 aromatic rings. The number of methoxy groups -OCH3 is 1. The summed E-state index contributed by atoms with van der Waals surface area (Å²) < 4.78 is 16.6. The molecule has 0 aliphatic heterocycles. The SMILES string of the molecule is COC(=O)/C(=C\c1ccc(Oc2ccccc2Br)cc1)NC(=O)c1cccc(OC(C)=O)c1C. The van der Waals surface area contributed by atoms with Gasteiger partial charge in [0, 0.05) is 18.1 Å². The first-order valence-corrected chi connectivity index (χ1v) is 11.0. The van der Waals surface area contributed by atoms with Gasteiger partial charge in [0.25, 0.3) is 5.91 Å². The summed E-state index contributed by atoms with van der Waals surface area (Å²) >= 11 is 3.44. The summed E-state index contributed by atoms with van der Waals surface area (Å²) in [5.41, 5.74) is 1.31. The molecule has 0 spiro atoms. The van der Waals surface area contributed by atoms with E-state index in [1.807, 2.05) is 24.3 Å². The Hall–Kier alpha value is -3.91. The summed E-state index contributed by atoms with van der Waals surface area (Å²) in [5.74, 6) is -0.217. The third-order valence-corrected chi connectivity index (χ3v) is 5.35. The van der Waals surface area contributed by atoms with Gasteiger partial charge in [-0.25, -0.2) is 4.79 Å². The minimum atomic E-state index is -0.712. The highest BCUT2D eigenvalue weighted by Gasteiger charge is 2.18. The molecule has 3 aromatic carbocycles. The zero-order valence-corrected chi connectivity index (χ0v) is 20.3. The molecule has 34 heavy (non-hydrogen) atoms. The van der Waals surface area contributed by atoms with Crippen LogP contribution in [-0.2, 0) is 14.3 Å². The monoisotopic (exact) mass is 523 g/mol. The summed E-state index contributed by atoms with van der Waals surface area (Å²) in [6.07, 6.45) is 1.50. The highest BCUT2D eigenvalue weighted by Crippen LogP contribution is 2.29. The maximum Gasteiger partial charge on any atom is 0.354 e. The second kappa shape index (κ2) is 11.3. The van der Waals surface area contributed by atoms with Crippen molar-refractivity contribution in [1.29, 1.82) is 0 Å². The fourth-order valence-corrected chi connectivity index (χ4v) is 3.39. The van der Waals surface area contributed by atoms with E-state index in [9.17, 15) is 14.4 Å². The third kappa shape index (κ3) is 6.32. The number of carbonyl (C=O) groups is 3. The molecule has 0 aliphatic rings. The molecule has 7 nitrogen and oxygen atoms in total. The predicted molar refractivity (Wildman–Crippen MR) is 131 cm³/mol. The molecule has 174 valence electrons. The number of halogens is 1. The zero-order chi connectivity index (χ0) is 24.7. The lowest BCUT2D eigenvalue weighted by Crippen LogP contribution is -2.28. The summed E-state index contributed by atoms with van der Waals surface area (Å²) in [6, 6.07) is 19.2. The van der Waals surface area contributed by atoms with E-state index in [0.29, 0.717) is 22.6 Å². The van der Waals surface area contributed by atoms with E-state index in [-0.39, 0.29) is 17.0 Å². The van der Waals surface area contributed by atoms with E-state index in [2.05, 4.69) is 21.2 Å². The molecule has 0 aromatic heterocycles. The quantitative estimate of drug-likeness (QED) is 0.252. The Morgan fingerprint density at radius 3 is 2.24 bits per heavy atom. The van der Waals surface area contributed by atoms with E-state index >= 15 is 0 Å². The van der Waals surface area contributed by atoms with E-state index in [4.69, 9.17) is 14.2 Å². The molecule has 0 saturated heterocycles. The lowest BCUT2D eigenvalue weighted by molar-refractivity contribution is -0.136. The van der Waals surface area contributed by atoms with E-state index < -0.39 is 17.8 Å². The Bertz CT molecular complexity index is 1250. The molecule has 3 rings (SSSR count). The summed E-state index contributed by atoms with van der Waals surface area (Å²) in [5, 5.41) is 2.59. The highest BCUT2D eigenvalue weighted by atomic mass is 79.9. The molecule has 8 heteroatoms. The van der Waals surface area contributed by atoms with Crippen molar-refractivity contribution in [3.05, 3.63) is 93.6 Å². The average molecular weight is 524 g/mol. The highest BCUT2D eigenvalue weighted by molar-refractivity contribution is 9.10. The molecule has 1 amide bonds. The van der Waals surface area contributed by atoms with Crippen LogP contribution in [0.2, 0.25) is 0 Å². The van der Waals surface area contributed by atoms with Crippen LogP contribution in [0, 0.1) is 6.92 Å². The molecule has 1 N–H and O–H groups in total. The van der Waals surface area contributed by atoms with Crippen molar-refractivity contribution in [2.75, 3.05) is 7.11 Å². The second-order valence-electron chi connectivity index (χ2n) is 7.13. The first-order valence-electron chi connectivity index (χ1n) is 10.2. The van der Waals surface area contributed by atoms with Crippen molar-refractivity contribution in [1.82, 2.24) is 5.32 Å². The van der Waals surface area contributed by atoms with Crippen molar-refractivity contribution in [3.63, 3.8) is 0 Å². The molecular weight excluding hydrogens is 502 g/mol. The van der Waals surface area contributed by atoms with Gasteiger partial charge in [-0.15, -0.1) is 0 Å². The molecular formula is C26H22BrNO6. The van der Waals surface area contributed by atoms with Gasteiger partial charge in [0.05, 0.1) is 11.6 Å². The van der Waals surface area contributed by atoms with Gasteiger partial charge in [-0.2, -0.15) is 0 Å². The second-order valence-corrected chi connectivity index (χ2v) is 7.98. The van der Waals surface area contributed by atoms with Gasteiger partial charge >= 0.3 is 11.9 Å². The summed E-state index contributed by atoms with van der Waals surface area (Å²) in [7, 11) is 1.23. The first kappa shape index (κ1) is 24.7. The fraction of sp³-hybridized carbons (Fsp3) is 0.115. The Labute approximate surface area is 205 Å². The normalized spacial score (nSPS) is 10.9. The van der Waals surface area contributed by atoms with Crippen LogP contribution < -0.4 is 14.8 Å². The minimum Gasteiger partial charge on any atom is -0.464 e. The minimum absolute atomic E-state index is 0.0516. The van der Waals surface area contributed by atoms with E-state index in [1.54, 1.807) is 49.4 Å². The Balaban J connectivity index is 1.82. The van der Waals surface area contributed by atoms with Crippen molar-refractivity contribution in [2.45, 2.75) is 13.8 Å². The summed E-state index contributed by atoms with van der Waals surface area (Å²) in [6.45, 7) is 2.93. The zero-order valence-electron chi connectivity index (χ0n) is 18.8. The Kier molecular flexibility index (Phi) is 8.21. The lowest BCUT2D eigenvalue weighted by Gasteiger charge is -2.12. The topological polar surface area (TPSA) is 90.9 Å². The standard InChI is InChI=1S/C26H22BrNO6/c1-16-20(7-6-10-23(16)33-17(2)29)25(30)28-22(26(31)32-3)15-18-11-13-19(14-12-18)34-24-9-5-4-8-21(24)27/h4-15H,1-3H3,(H,28,30)/b22-15+. The number of carbonyl (C=O) groups excluding carboxylic acids is 3. The van der Waals surface area contributed by atoms with Gasteiger partial charge in [-0.3, -0.25) is 9.59 Å². The maximum absolute atomic E-state index is 12.9. The number of hydrogen-bond donors (Lipinski definition) is 1. The number of ether oxygens (including phenoxy) is 3. The molecule has 0 saturated carbocycles. The van der Waals surface area contributed by atoms with Crippen molar-refractivity contribution < 1.29 is 28.6 Å². The third-order valence-electron chi connectivity index (χ3n) is 4.69. The Morgan fingerprint density at radius 2 is 1.59 bits per heavy atom. The summed E-state index contributed by atoms with van der Waals surface area (Å²) in [4.78, 5) is 36.5. The number of nitrogens with one attached hydrogen (secondary N) is 1. The van der Waals surface area contributed by atoms with Crippen molar-refractivity contribution in [2.24, 2.45) is 0 Å². The molecule has 0 bridgehead atoms. The van der Waals surface area contributed by atoms with Gasteiger partial charge in [0.2, 0.25) is 0 Å². The largest absolute Gasteiger partial charge is 0.464 e. The van der Waals surface area contributed by atoms with Crippen molar-refractivity contribution >= 4 is 39.9 Å². The van der Waals surface area contributed by atoms with E-state index in [0.717, 1.165) is 4.47 Å². The number of esters is 2. The van der Waals surface area contributed by atoms with E-state index in [1.165, 1.54) is 20.1 Å². The van der Waals surface area contributed by atoms with Gasteiger partial charge in [0.1, 0.15) is 22.9 Å². The van der Waals surface area contributed by atoms with Crippen LogP contribution in [0.15, 0.2) is 76.9 Å². The van der Waals surface area contributed by atoms with Crippen LogP contribution in [0.3, 0.4) is 0 Å². The van der Waals surface area contributed by atoms with Crippen LogP contribution in [0.25, 0.3) is 6.08 Å². The molecule has 0 atom stereocenters. The van der Waals surface area contributed by atoms with Gasteiger partial charge in [-0.05, 0) is 70.9 Å². The number of para-hydroxylation sites is 1. The fourth-order valence-electron chi connectivity index (χ4n) is 3.02. The predicted octanol–water partition coefficient (Wildman–Crippen LogP) is 5.42. The maximum atomic E-state index is 12.9. The molecule has 0 aliphatic carbocycles. The molecule has 0 unspecified atom stereocenters. The number of rotatable bonds is 7. The smallest absolute Gasteiger partial charge is 0.354 e. The van der Waals surface area contributed by atoms with Crippen LogP contribution in [0.1, 0.15) is 28.4 Å². The molecule has 0 radical (unpaired) electrons. The molecule has 0 fully saturated rings. The average Bonchev–Trinajstić information content (AvgIpc) is 2.81. The van der Waals surface area contributed by atoms with Crippen LogP contribution in [0.4, 0.5) is 0 Å². The van der Waals surface area contributed by atoms with Crippen LogP contribution in [0.5, 0.6) is 17.2 Å². The lowest BCUT2D eigenvalue weighted by atomic mass is 10.1. The van der Waals surface area contributed by atoms with Crippen LogP contribution >= 0.6 is 15.9 Å². The van der Waals surface area contributed by atoms with Crippen molar-refractivity contribution in [3.8, 4) is 17.2 Å². The number of hydrogen-bond acceptors (Lipinski definition) is 6. The molecule has 0 heterocycles. The first-order chi connectivity index (χ1) is 16.3. The Morgan fingerprint density at radius 1 is 0.912 bits per heavy atom. The van der Waals surface area contributed by atoms with Gasteiger partial charge in [-0.1, -0.05) is 30.3 Å². The van der Waals surface area contributed by atoms with Crippen LogP contribution in [-0.4, -0.2) is 25.0 Å². The number of benzene rings is 3. The number of amides is 1. The van der Waals surface area contributed by atoms with Gasteiger partial charge in [0.15, 0.2) is 0 Å². The van der Waals surface area contributed by atoms with Gasteiger partial charge < -0.3 is 19.5 Å².